The third-order valence-electron chi connectivity index (χ3n) is 2.45. The van der Waals surface area contributed by atoms with Gasteiger partial charge < -0.3 is 9.84 Å². The molecular formula is C15H10FIO3. The highest BCUT2D eigenvalue weighted by atomic mass is 127. The molecule has 0 unspecified atom stereocenters. The summed E-state index contributed by atoms with van der Waals surface area (Å²) < 4.78 is 20.3. The van der Waals surface area contributed by atoms with Gasteiger partial charge in [-0.2, -0.15) is 0 Å². The Balaban J connectivity index is 2.40. The number of halogens is 2. The molecule has 0 heterocycles. The second-order valence-electron chi connectivity index (χ2n) is 3.86. The molecule has 5 heteroatoms. The summed E-state index contributed by atoms with van der Waals surface area (Å²) in [6.07, 6.45) is 2.24. The molecule has 0 spiro atoms. The normalized spacial score (nSPS) is 10.7. The van der Waals surface area contributed by atoms with Gasteiger partial charge in [0.1, 0.15) is 5.75 Å². The minimum Gasteiger partial charge on any atom is -0.478 e. The van der Waals surface area contributed by atoms with Gasteiger partial charge >= 0.3 is 5.97 Å². The largest absolute Gasteiger partial charge is 0.478 e. The fourth-order valence-electron chi connectivity index (χ4n) is 1.56. The maximum atomic E-state index is 13.9. The molecule has 0 aliphatic heterocycles. The van der Waals surface area contributed by atoms with Crippen molar-refractivity contribution in [2.24, 2.45) is 0 Å². The quantitative estimate of drug-likeness (QED) is 0.631. The number of hydrogen-bond acceptors (Lipinski definition) is 2. The van der Waals surface area contributed by atoms with E-state index in [0.717, 1.165) is 9.65 Å². The Kier molecular flexibility index (Phi) is 4.73. The minimum absolute atomic E-state index is 0.00844. The summed E-state index contributed by atoms with van der Waals surface area (Å²) >= 11 is 2.08. The van der Waals surface area contributed by atoms with Crippen LogP contribution in [0.4, 0.5) is 4.39 Å². The SMILES string of the molecule is O=C(O)/C=C/c1cccc(F)c1Oc1ccccc1I. The molecule has 0 aliphatic rings. The Labute approximate surface area is 128 Å². The summed E-state index contributed by atoms with van der Waals surface area (Å²) in [6, 6.07) is 11.5. The van der Waals surface area contributed by atoms with E-state index < -0.39 is 11.8 Å². The predicted molar refractivity (Wildman–Crippen MR) is 82.3 cm³/mol. The lowest BCUT2D eigenvalue weighted by Crippen LogP contribution is -1.94. The molecule has 0 atom stereocenters. The number of carboxylic acid groups (broad SMARTS) is 1. The fourth-order valence-corrected chi connectivity index (χ4v) is 2.06. The van der Waals surface area contributed by atoms with Crippen molar-refractivity contribution >= 4 is 34.6 Å². The molecular weight excluding hydrogens is 374 g/mol. The highest BCUT2D eigenvalue weighted by Crippen LogP contribution is 2.31. The van der Waals surface area contributed by atoms with Crippen LogP contribution in [0.1, 0.15) is 5.56 Å². The molecule has 2 rings (SSSR count). The van der Waals surface area contributed by atoms with Crippen LogP contribution in [-0.4, -0.2) is 11.1 Å². The molecule has 0 fully saturated rings. The zero-order valence-corrected chi connectivity index (χ0v) is 12.4. The van der Waals surface area contributed by atoms with Gasteiger partial charge in [0.05, 0.1) is 3.57 Å². The van der Waals surface area contributed by atoms with E-state index in [4.69, 9.17) is 9.84 Å². The van der Waals surface area contributed by atoms with Crippen molar-refractivity contribution in [3.8, 4) is 11.5 Å². The summed E-state index contributed by atoms with van der Waals surface area (Å²) in [5.74, 6) is -1.12. The van der Waals surface area contributed by atoms with E-state index in [1.165, 1.54) is 18.2 Å². The van der Waals surface area contributed by atoms with E-state index in [1.807, 2.05) is 12.1 Å². The van der Waals surface area contributed by atoms with Crippen LogP contribution in [0.5, 0.6) is 11.5 Å². The summed E-state index contributed by atoms with van der Waals surface area (Å²) in [5, 5.41) is 8.65. The molecule has 2 aromatic carbocycles. The molecule has 0 saturated carbocycles. The van der Waals surface area contributed by atoms with Crippen LogP contribution in [0.15, 0.2) is 48.5 Å². The van der Waals surface area contributed by atoms with E-state index in [9.17, 15) is 9.18 Å². The molecule has 102 valence electrons. The maximum Gasteiger partial charge on any atom is 0.328 e. The molecule has 0 amide bonds. The first-order chi connectivity index (χ1) is 9.58. The van der Waals surface area contributed by atoms with E-state index in [0.29, 0.717) is 11.3 Å². The van der Waals surface area contributed by atoms with Gasteiger partial charge in [0.25, 0.3) is 0 Å². The van der Waals surface area contributed by atoms with Crippen molar-refractivity contribution < 1.29 is 19.0 Å². The molecule has 1 N–H and O–H groups in total. The van der Waals surface area contributed by atoms with Crippen LogP contribution in [0, 0.1) is 9.39 Å². The average Bonchev–Trinajstić information content (AvgIpc) is 2.41. The van der Waals surface area contributed by atoms with Gasteiger partial charge in [0.15, 0.2) is 11.6 Å². The average molecular weight is 384 g/mol. The second kappa shape index (κ2) is 6.51. The van der Waals surface area contributed by atoms with E-state index in [2.05, 4.69) is 22.6 Å². The van der Waals surface area contributed by atoms with Crippen LogP contribution in [0.25, 0.3) is 6.08 Å². The monoisotopic (exact) mass is 384 g/mol. The second-order valence-corrected chi connectivity index (χ2v) is 5.02. The maximum absolute atomic E-state index is 13.9. The van der Waals surface area contributed by atoms with Crippen LogP contribution in [-0.2, 0) is 4.79 Å². The van der Waals surface area contributed by atoms with Crippen molar-refractivity contribution in [3.63, 3.8) is 0 Å². The predicted octanol–water partition coefficient (Wildman–Crippen LogP) is 4.32. The van der Waals surface area contributed by atoms with Crippen molar-refractivity contribution in [1.29, 1.82) is 0 Å². The molecule has 0 aliphatic carbocycles. The number of carbonyl (C=O) groups is 1. The standard InChI is InChI=1S/C15H10FIO3/c16-11-5-3-4-10(8-9-14(18)19)15(11)20-13-7-2-1-6-12(13)17/h1-9H,(H,18,19)/b9-8+. The van der Waals surface area contributed by atoms with E-state index >= 15 is 0 Å². The lowest BCUT2D eigenvalue weighted by atomic mass is 10.1. The number of hydrogen-bond donors (Lipinski definition) is 1. The first-order valence-electron chi connectivity index (χ1n) is 5.70. The number of benzene rings is 2. The van der Waals surface area contributed by atoms with Gasteiger partial charge in [-0.15, -0.1) is 0 Å². The van der Waals surface area contributed by atoms with Gasteiger partial charge in [-0.25, -0.2) is 9.18 Å². The Hall–Kier alpha value is -1.89. The Bertz CT molecular complexity index is 668. The van der Waals surface area contributed by atoms with Crippen molar-refractivity contribution in [2.45, 2.75) is 0 Å². The minimum atomic E-state index is -1.10. The van der Waals surface area contributed by atoms with Crippen molar-refractivity contribution in [2.75, 3.05) is 0 Å². The van der Waals surface area contributed by atoms with Gasteiger partial charge in [0.2, 0.25) is 0 Å². The molecule has 3 nitrogen and oxygen atoms in total. The summed E-state index contributed by atoms with van der Waals surface area (Å²) in [7, 11) is 0. The van der Waals surface area contributed by atoms with E-state index in [-0.39, 0.29) is 5.75 Å². The van der Waals surface area contributed by atoms with Crippen LogP contribution >= 0.6 is 22.6 Å². The third-order valence-corrected chi connectivity index (χ3v) is 3.34. The Morgan fingerprint density at radius 2 is 1.95 bits per heavy atom. The highest BCUT2D eigenvalue weighted by molar-refractivity contribution is 14.1. The van der Waals surface area contributed by atoms with Crippen LogP contribution in [0.2, 0.25) is 0 Å². The zero-order chi connectivity index (χ0) is 14.5. The van der Waals surface area contributed by atoms with Gasteiger partial charge in [-0.1, -0.05) is 24.3 Å². The Morgan fingerprint density at radius 3 is 2.65 bits per heavy atom. The number of para-hydroxylation sites is 2. The van der Waals surface area contributed by atoms with Gasteiger partial charge in [-0.05, 0) is 46.9 Å². The molecule has 0 saturated heterocycles. The van der Waals surface area contributed by atoms with E-state index in [1.54, 1.807) is 18.2 Å². The van der Waals surface area contributed by atoms with Crippen LogP contribution in [0.3, 0.4) is 0 Å². The fraction of sp³-hybridized carbons (Fsp3) is 0. The number of ether oxygens (including phenoxy) is 1. The molecule has 0 bridgehead atoms. The number of rotatable bonds is 4. The van der Waals surface area contributed by atoms with Gasteiger partial charge in [0, 0.05) is 11.6 Å². The first kappa shape index (κ1) is 14.5. The summed E-state index contributed by atoms with van der Waals surface area (Å²) in [6.45, 7) is 0. The number of carboxylic acids is 1. The zero-order valence-electron chi connectivity index (χ0n) is 10.2. The molecule has 0 radical (unpaired) electrons. The summed E-state index contributed by atoms with van der Waals surface area (Å²) in [5.41, 5.74) is 0.368. The topological polar surface area (TPSA) is 46.5 Å². The third kappa shape index (κ3) is 3.57. The lowest BCUT2D eigenvalue weighted by Gasteiger charge is -2.11. The van der Waals surface area contributed by atoms with Crippen molar-refractivity contribution in [3.05, 3.63) is 63.5 Å². The molecule has 0 aromatic heterocycles. The summed E-state index contributed by atoms with van der Waals surface area (Å²) in [4.78, 5) is 10.6. The lowest BCUT2D eigenvalue weighted by molar-refractivity contribution is -0.131. The number of aliphatic carboxylic acids is 1. The van der Waals surface area contributed by atoms with Gasteiger partial charge in [-0.3, -0.25) is 0 Å². The Morgan fingerprint density at radius 1 is 1.20 bits per heavy atom. The molecule has 2 aromatic rings. The first-order valence-corrected chi connectivity index (χ1v) is 6.77. The smallest absolute Gasteiger partial charge is 0.328 e. The van der Waals surface area contributed by atoms with Crippen molar-refractivity contribution in [1.82, 2.24) is 0 Å². The highest BCUT2D eigenvalue weighted by Gasteiger charge is 2.11. The van der Waals surface area contributed by atoms with Crippen LogP contribution < -0.4 is 4.74 Å². The molecule has 20 heavy (non-hydrogen) atoms.